The SMILES string of the molecule is CCCCCCCCCCCCOC(CNC(=O)CCCCCCCCC)COP(=O)(O)OCC[N+](C)(C)C. The number of phosphoric ester groups is 1. The van der Waals surface area contributed by atoms with E-state index in [1.807, 2.05) is 21.1 Å². The van der Waals surface area contributed by atoms with E-state index in [0.717, 1.165) is 25.7 Å². The Morgan fingerprint density at radius 3 is 1.74 bits per heavy atom. The van der Waals surface area contributed by atoms with Gasteiger partial charge in [-0.05, 0) is 12.8 Å². The highest BCUT2D eigenvalue weighted by molar-refractivity contribution is 7.47. The second kappa shape index (κ2) is 25.2. The molecule has 0 aliphatic rings. The molecule has 0 aliphatic carbocycles. The van der Waals surface area contributed by atoms with Gasteiger partial charge in [-0.15, -0.1) is 0 Å². The molecule has 0 fully saturated rings. The average Bonchev–Trinajstić information content (AvgIpc) is 2.87. The summed E-state index contributed by atoms with van der Waals surface area (Å²) in [7, 11) is 1.77. The number of amides is 1. The van der Waals surface area contributed by atoms with Gasteiger partial charge in [-0.1, -0.05) is 110 Å². The van der Waals surface area contributed by atoms with Crippen LogP contribution in [0.4, 0.5) is 0 Å². The lowest BCUT2D eigenvalue weighted by Crippen LogP contribution is -2.37. The van der Waals surface area contributed by atoms with Crippen molar-refractivity contribution in [1.29, 1.82) is 0 Å². The molecule has 0 spiro atoms. The van der Waals surface area contributed by atoms with Gasteiger partial charge in [0.25, 0.3) is 0 Å². The van der Waals surface area contributed by atoms with Crippen LogP contribution in [-0.4, -0.2) is 75.4 Å². The van der Waals surface area contributed by atoms with E-state index in [1.165, 1.54) is 83.5 Å². The number of carbonyl (C=O) groups excluding carboxylic acids is 1. The zero-order valence-electron chi connectivity index (χ0n) is 26.2. The van der Waals surface area contributed by atoms with Gasteiger partial charge in [0, 0.05) is 19.6 Å². The number of unbranched alkanes of at least 4 members (excludes halogenated alkanes) is 15. The van der Waals surface area contributed by atoms with Gasteiger partial charge in [-0.3, -0.25) is 13.8 Å². The van der Waals surface area contributed by atoms with Gasteiger partial charge in [0.2, 0.25) is 5.91 Å². The van der Waals surface area contributed by atoms with Crippen LogP contribution in [-0.2, 0) is 23.1 Å². The maximum Gasteiger partial charge on any atom is 0.472 e. The maximum absolute atomic E-state index is 12.3. The van der Waals surface area contributed by atoms with Crippen molar-refractivity contribution in [3.05, 3.63) is 0 Å². The van der Waals surface area contributed by atoms with E-state index in [1.54, 1.807) is 0 Å². The number of phosphoric acid groups is 1. The summed E-state index contributed by atoms with van der Waals surface area (Å²) in [6, 6.07) is 0. The summed E-state index contributed by atoms with van der Waals surface area (Å²) in [6.07, 6.45) is 20.6. The Morgan fingerprint density at radius 1 is 0.744 bits per heavy atom. The van der Waals surface area contributed by atoms with Crippen LogP contribution in [0.3, 0.4) is 0 Å². The Morgan fingerprint density at radius 2 is 1.23 bits per heavy atom. The summed E-state index contributed by atoms with van der Waals surface area (Å²) in [5.41, 5.74) is 0. The third-order valence-electron chi connectivity index (χ3n) is 6.83. The maximum atomic E-state index is 12.3. The Balaban J connectivity index is 4.36. The monoisotopic (exact) mass is 579 g/mol. The highest BCUT2D eigenvalue weighted by Gasteiger charge is 2.25. The molecule has 0 heterocycles. The molecular formula is C30H64N2O6P+. The molecule has 0 aliphatic heterocycles. The van der Waals surface area contributed by atoms with Crippen molar-refractivity contribution < 1.29 is 32.5 Å². The fourth-order valence-corrected chi connectivity index (χ4v) is 4.95. The first-order valence-corrected chi connectivity index (χ1v) is 17.4. The van der Waals surface area contributed by atoms with E-state index in [4.69, 9.17) is 13.8 Å². The zero-order chi connectivity index (χ0) is 29.2. The summed E-state index contributed by atoms with van der Waals surface area (Å²) in [6.45, 7) is 5.85. The first-order chi connectivity index (χ1) is 18.6. The molecule has 39 heavy (non-hydrogen) atoms. The number of nitrogens with zero attached hydrogens (tertiary/aromatic N) is 1. The number of quaternary nitrogens is 1. The number of ether oxygens (including phenoxy) is 1. The highest BCUT2D eigenvalue weighted by Crippen LogP contribution is 2.43. The molecule has 2 atom stereocenters. The topological polar surface area (TPSA) is 94.1 Å². The molecule has 9 heteroatoms. The van der Waals surface area contributed by atoms with Crippen LogP contribution in [0.2, 0.25) is 0 Å². The van der Waals surface area contributed by atoms with Gasteiger partial charge in [-0.25, -0.2) is 4.57 Å². The standard InChI is InChI=1S/C30H63N2O6P/c1-6-8-10-12-14-15-16-18-20-22-25-36-29(28-38-39(34,35)37-26-24-32(3,4)5)27-31-30(33)23-21-19-17-13-11-9-7-2/h29H,6-28H2,1-5H3,(H-,31,33,34,35)/p+1. The first-order valence-electron chi connectivity index (χ1n) is 15.9. The Labute approximate surface area is 241 Å². The van der Waals surface area contributed by atoms with Crippen molar-refractivity contribution in [2.24, 2.45) is 0 Å². The zero-order valence-corrected chi connectivity index (χ0v) is 27.1. The van der Waals surface area contributed by atoms with Crippen molar-refractivity contribution in [3.8, 4) is 0 Å². The minimum Gasteiger partial charge on any atom is -0.374 e. The minimum absolute atomic E-state index is 0.0116. The normalized spacial score (nSPS) is 14.3. The van der Waals surface area contributed by atoms with Crippen molar-refractivity contribution in [3.63, 3.8) is 0 Å². The fourth-order valence-electron chi connectivity index (χ4n) is 4.21. The van der Waals surface area contributed by atoms with E-state index >= 15 is 0 Å². The van der Waals surface area contributed by atoms with Crippen LogP contribution in [0.25, 0.3) is 0 Å². The lowest BCUT2D eigenvalue weighted by atomic mass is 10.1. The molecule has 234 valence electrons. The van der Waals surface area contributed by atoms with Crippen LogP contribution < -0.4 is 5.32 Å². The van der Waals surface area contributed by atoms with Gasteiger partial charge in [0.1, 0.15) is 13.2 Å². The number of likely N-dealkylation sites (N-methyl/N-ethyl adjacent to an activating group) is 1. The molecule has 2 N–H and O–H groups in total. The minimum atomic E-state index is -4.18. The Hall–Kier alpha value is -0.500. The quantitative estimate of drug-likeness (QED) is 0.0545. The molecule has 0 bridgehead atoms. The van der Waals surface area contributed by atoms with E-state index in [0.29, 0.717) is 24.1 Å². The van der Waals surface area contributed by atoms with E-state index in [-0.39, 0.29) is 25.7 Å². The smallest absolute Gasteiger partial charge is 0.374 e. The average molecular weight is 580 g/mol. The number of hydrogen-bond acceptors (Lipinski definition) is 5. The molecule has 0 aromatic rings. The lowest BCUT2D eigenvalue weighted by Gasteiger charge is -2.24. The third-order valence-corrected chi connectivity index (χ3v) is 7.81. The Bertz CT molecular complexity index is 615. The van der Waals surface area contributed by atoms with Crippen LogP contribution in [0.1, 0.15) is 129 Å². The van der Waals surface area contributed by atoms with Crippen LogP contribution >= 0.6 is 7.82 Å². The second-order valence-corrected chi connectivity index (χ2v) is 13.4. The van der Waals surface area contributed by atoms with Gasteiger partial charge in [0.15, 0.2) is 0 Å². The van der Waals surface area contributed by atoms with Crippen LogP contribution in [0, 0.1) is 0 Å². The molecular weight excluding hydrogens is 515 g/mol. The van der Waals surface area contributed by atoms with Crippen LogP contribution in [0.5, 0.6) is 0 Å². The molecule has 0 saturated heterocycles. The largest absolute Gasteiger partial charge is 0.472 e. The molecule has 2 unspecified atom stereocenters. The van der Waals surface area contributed by atoms with E-state index < -0.39 is 13.9 Å². The van der Waals surface area contributed by atoms with E-state index in [9.17, 15) is 14.3 Å². The van der Waals surface area contributed by atoms with Crippen molar-refractivity contribution in [2.45, 2.75) is 136 Å². The molecule has 0 rings (SSSR count). The molecule has 0 aromatic heterocycles. The van der Waals surface area contributed by atoms with Gasteiger partial charge in [-0.2, -0.15) is 0 Å². The van der Waals surface area contributed by atoms with Gasteiger partial charge in [0.05, 0.1) is 33.9 Å². The summed E-state index contributed by atoms with van der Waals surface area (Å²) in [5.74, 6) is -0.0116. The first kappa shape index (κ1) is 38.5. The van der Waals surface area contributed by atoms with Crippen molar-refractivity contribution in [2.75, 3.05) is 54.1 Å². The summed E-state index contributed by atoms with van der Waals surface area (Å²) in [5, 5.41) is 2.92. The Kier molecular flexibility index (Phi) is 24.9. The van der Waals surface area contributed by atoms with Crippen molar-refractivity contribution >= 4 is 13.7 Å². The van der Waals surface area contributed by atoms with Crippen molar-refractivity contribution in [1.82, 2.24) is 5.32 Å². The lowest BCUT2D eigenvalue weighted by molar-refractivity contribution is -0.870. The van der Waals surface area contributed by atoms with Gasteiger partial charge >= 0.3 is 7.82 Å². The molecule has 8 nitrogen and oxygen atoms in total. The number of carbonyl (C=O) groups is 1. The predicted octanol–water partition coefficient (Wildman–Crippen LogP) is 7.39. The summed E-state index contributed by atoms with van der Waals surface area (Å²) in [4.78, 5) is 22.4. The fraction of sp³-hybridized carbons (Fsp3) is 0.967. The number of nitrogens with one attached hydrogen (secondary N) is 1. The van der Waals surface area contributed by atoms with E-state index in [2.05, 4.69) is 19.2 Å². The molecule has 1 amide bonds. The predicted molar refractivity (Wildman–Crippen MR) is 162 cm³/mol. The highest BCUT2D eigenvalue weighted by atomic mass is 31.2. The number of rotatable bonds is 29. The molecule has 0 saturated carbocycles. The molecule has 0 radical (unpaired) electrons. The third kappa shape index (κ3) is 28.8. The van der Waals surface area contributed by atoms with Crippen LogP contribution in [0.15, 0.2) is 0 Å². The summed E-state index contributed by atoms with van der Waals surface area (Å²) < 4.78 is 29.3. The van der Waals surface area contributed by atoms with Gasteiger partial charge < -0.3 is 19.4 Å². The summed E-state index contributed by atoms with van der Waals surface area (Å²) >= 11 is 0. The number of hydrogen-bond donors (Lipinski definition) is 2. The molecule has 0 aromatic carbocycles. The second-order valence-electron chi connectivity index (χ2n) is 12.0.